The maximum absolute atomic E-state index is 12.8. The topological polar surface area (TPSA) is 58.1 Å². The van der Waals surface area contributed by atoms with Gasteiger partial charge in [0.1, 0.15) is 17.8 Å². The van der Waals surface area contributed by atoms with E-state index in [1.54, 1.807) is 4.90 Å². The first-order valence-corrected chi connectivity index (χ1v) is 8.91. The highest BCUT2D eigenvalue weighted by molar-refractivity contribution is 5.92. The number of alkyl halides is 3. The average molecular weight is 378 g/mol. The molecule has 1 fully saturated rings. The van der Waals surface area contributed by atoms with E-state index >= 15 is 0 Å². The molecule has 1 aromatic heterocycles. The Labute approximate surface area is 155 Å². The van der Waals surface area contributed by atoms with Crippen LogP contribution in [0.25, 0.3) is 0 Å². The molecule has 3 rings (SSSR count). The normalized spacial score (nSPS) is 15.6. The van der Waals surface area contributed by atoms with Gasteiger partial charge in [0.25, 0.3) is 0 Å². The Hall–Kier alpha value is -2.64. The second-order valence-electron chi connectivity index (χ2n) is 6.56. The van der Waals surface area contributed by atoms with E-state index in [4.69, 9.17) is 0 Å². The highest BCUT2D eigenvalue weighted by Crippen LogP contribution is 2.30. The van der Waals surface area contributed by atoms with E-state index in [0.717, 1.165) is 24.5 Å². The lowest BCUT2D eigenvalue weighted by atomic mass is 9.95. The van der Waals surface area contributed by atoms with Gasteiger partial charge in [0, 0.05) is 30.8 Å². The molecule has 2 aromatic rings. The van der Waals surface area contributed by atoms with Gasteiger partial charge in [0.15, 0.2) is 0 Å². The summed E-state index contributed by atoms with van der Waals surface area (Å²) in [4.78, 5) is 21.4. The van der Waals surface area contributed by atoms with Crippen molar-refractivity contribution < 1.29 is 18.0 Å². The summed E-state index contributed by atoms with van der Waals surface area (Å²) >= 11 is 0. The number of hydrogen-bond donors (Lipinski definition) is 1. The number of carbonyl (C=O) groups is 1. The van der Waals surface area contributed by atoms with Crippen molar-refractivity contribution in [3.8, 4) is 0 Å². The molecule has 2 heterocycles. The smallest absolute Gasteiger partial charge is 0.356 e. The fourth-order valence-electron chi connectivity index (χ4n) is 3.11. The Morgan fingerprint density at radius 2 is 1.85 bits per heavy atom. The van der Waals surface area contributed by atoms with E-state index in [0.29, 0.717) is 25.9 Å². The summed E-state index contributed by atoms with van der Waals surface area (Å²) in [5, 5.41) is 2.91. The average Bonchev–Trinajstić information content (AvgIpc) is 2.68. The minimum absolute atomic E-state index is 0.0578. The lowest BCUT2D eigenvalue weighted by Crippen LogP contribution is -2.38. The zero-order valence-corrected chi connectivity index (χ0v) is 15.0. The van der Waals surface area contributed by atoms with E-state index in [1.165, 1.54) is 5.56 Å². The molecule has 1 saturated heterocycles. The number of aryl methyl sites for hydroxylation is 1. The zero-order valence-electron chi connectivity index (χ0n) is 15.0. The molecular weight excluding hydrogens is 357 g/mol. The van der Waals surface area contributed by atoms with Crippen molar-refractivity contribution in [2.75, 3.05) is 23.3 Å². The molecule has 27 heavy (non-hydrogen) atoms. The van der Waals surface area contributed by atoms with E-state index in [9.17, 15) is 18.0 Å². The predicted octanol–water partition coefficient (Wildman–Crippen LogP) is 3.91. The number of anilines is 2. The van der Waals surface area contributed by atoms with Crippen LogP contribution >= 0.6 is 0 Å². The van der Waals surface area contributed by atoms with Gasteiger partial charge in [-0.2, -0.15) is 13.2 Å². The quantitative estimate of drug-likeness (QED) is 0.876. The Bertz CT molecular complexity index is 784. The third kappa shape index (κ3) is 4.75. The van der Waals surface area contributed by atoms with Crippen molar-refractivity contribution in [3.63, 3.8) is 0 Å². The number of benzene rings is 1. The molecule has 1 aliphatic rings. The van der Waals surface area contributed by atoms with Crippen LogP contribution < -0.4 is 10.2 Å². The van der Waals surface area contributed by atoms with E-state index in [2.05, 4.69) is 22.2 Å². The summed E-state index contributed by atoms with van der Waals surface area (Å²) < 4.78 is 38.4. The van der Waals surface area contributed by atoms with Crippen LogP contribution in [0.4, 0.5) is 24.7 Å². The Morgan fingerprint density at radius 1 is 1.19 bits per heavy atom. The highest BCUT2D eigenvalue weighted by Gasteiger charge is 2.34. The lowest BCUT2D eigenvalue weighted by Gasteiger charge is -2.32. The third-order valence-corrected chi connectivity index (χ3v) is 4.76. The van der Waals surface area contributed by atoms with Crippen molar-refractivity contribution in [2.24, 2.45) is 5.92 Å². The third-order valence-electron chi connectivity index (χ3n) is 4.76. The standard InChI is InChI=1S/C19H21F3N4O/c1-2-13-3-5-15(6-4-13)25-18(27)14-7-9-26(10-8-14)17-11-16(19(20,21)22)23-12-24-17/h3-6,11-12,14H,2,7-10H2,1H3,(H,25,27). The Morgan fingerprint density at radius 3 is 2.44 bits per heavy atom. The van der Waals surface area contributed by atoms with Crippen molar-refractivity contribution in [1.29, 1.82) is 0 Å². The molecule has 1 amide bonds. The van der Waals surface area contributed by atoms with E-state index in [1.807, 2.05) is 24.3 Å². The minimum Gasteiger partial charge on any atom is -0.356 e. The first-order chi connectivity index (χ1) is 12.9. The molecular formula is C19H21F3N4O. The zero-order chi connectivity index (χ0) is 19.4. The number of halogens is 3. The number of hydrogen-bond acceptors (Lipinski definition) is 4. The van der Waals surface area contributed by atoms with Crippen molar-refractivity contribution in [2.45, 2.75) is 32.4 Å². The molecule has 144 valence electrons. The van der Waals surface area contributed by atoms with Crippen LogP contribution in [0.1, 0.15) is 31.0 Å². The summed E-state index contributed by atoms with van der Waals surface area (Å²) in [6, 6.07) is 8.67. The van der Waals surface area contributed by atoms with E-state index in [-0.39, 0.29) is 17.6 Å². The van der Waals surface area contributed by atoms with Gasteiger partial charge in [-0.1, -0.05) is 19.1 Å². The summed E-state index contributed by atoms with van der Waals surface area (Å²) in [5.74, 6) is 0.0138. The summed E-state index contributed by atoms with van der Waals surface area (Å²) in [6.45, 7) is 3.01. The van der Waals surface area contributed by atoms with Crippen LogP contribution in [0.5, 0.6) is 0 Å². The monoisotopic (exact) mass is 378 g/mol. The number of amides is 1. The first-order valence-electron chi connectivity index (χ1n) is 8.91. The number of carbonyl (C=O) groups excluding carboxylic acids is 1. The fourth-order valence-corrected chi connectivity index (χ4v) is 3.11. The SMILES string of the molecule is CCc1ccc(NC(=O)C2CCN(c3cc(C(F)(F)F)ncn3)CC2)cc1. The number of nitrogens with one attached hydrogen (secondary N) is 1. The molecule has 1 aliphatic heterocycles. The number of piperidine rings is 1. The van der Waals surface area contributed by atoms with Gasteiger partial charge in [-0.15, -0.1) is 0 Å². The molecule has 1 aromatic carbocycles. The van der Waals surface area contributed by atoms with Gasteiger partial charge >= 0.3 is 6.18 Å². The molecule has 0 atom stereocenters. The molecule has 0 aliphatic carbocycles. The van der Waals surface area contributed by atoms with Gasteiger partial charge < -0.3 is 10.2 Å². The molecule has 0 spiro atoms. The van der Waals surface area contributed by atoms with Crippen LogP contribution in [0.3, 0.4) is 0 Å². The van der Waals surface area contributed by atoms with Gasteiger partial charge in [0.05, 0.1) is 0 Å². The van der Waals surface area contributed by atoms with Crippen LogP contribution in [0.2, 0.25) is 0 Å². The van der Waals surface area contributed by atoms with Crippen LogP contribution in [0.15, 0.2) is 36.7 Å². The molecule has 0 unspecified atom stereocenters. The van der Waals surface area contributed by atoms with Crippen LogP contribution in [-0.2, 0) is 17.4 Å². The lowest BCUT2D eigenvalue weighted by molar-refractivity contribution is -0.141. The number of aromatic nitrogens is 2. The second-order valence-corrected chi connectivity index (χ2v) is 6.56. The van der Waals surface area contributed by atoms with Crippen molar-refractivity contribution in [3.05, 3.63) is 47.9 Å². The van der Waals surface area contributed by atoms with Crippen LogP contribution in [-0.4, -0.2) is 29.0 Å². The summed E-state index contributed by atoms with van der Waals surface area (Å²) in [7, 11) is 0. The molecule has 0 radical (unpaired) electrons. The van der Waals surface area contributed by atoms with Gasteiger partial charge in [-0.05, 0) is 37.0 Å². The summed E-state index contributed by atoms with van der Waals surface area (Å²) in [5.41, 5.74) is 0.998. The summed E-state index contributed by atoms with van der Waals surface area (Å²) in [6.07, 6.45) is -1.51. The van der Waals surface area contributed by atoms with Gasteiger partial charge in [-0.25, -0.2) is 9.97 Å². The Kier molecular flexibility index (Phi) is 5.62. The molecule has 8 heteroatoms. The molecule has 0 saturated carbocycles. The first kappa shape index (κ1) is 19.1. The fraction of sp³-hybridized carbons (Fsp3) is 0.421. The maximum atomic E-state index is 12.8. The van der Waals surface area contributed by atoms with Crippen molar-refractivity contribution in [1.82, 2.24) is 9.97 Å². The number of rotatable bonds is 4. The second kappa shape index (κ2) is 7.94. The minimum atomic E-state index is -4.50. The number of nitrogens with zero attached hydrogens (tertiary/aromatic N) is 3. The van der Waals surface area contributed by atoms with Crippen molar-refractivity contribution >= 4 is 17.4 Å². The molecule has 5 nitrogen and oxygen atoms in total. The highest BCUT2D eigenvalue weighted by atomic mass is 19.4. The van der Waals surface area contributed by atoms with Gasteiger partial charge in [0.2, 0.25) is 5.91 Å². The van der Waals surface area contributed by atoms with Gasteiger partial charge in [-0.3, -0.25) is 4.79 Å². The molecule has 1 N–H and O–H groups in total. The van der Waals surface area contributed by atoms with E-state index < -0.39 is 11.9 Å². The van der Waals surface area contributed by atoms with Crippen LogP contribution in [0, 0.1) is 5.92 Å². The Balaban J connectivity index is 1.57. The predicted molar refractivity (Wildman–Crippen MR) is 96.4 cm³/mol. The maximum Gasteiger partial charge on any atom is 0.433 e. The largest absolute Gasteiger partial charge is 0.433 e. The molecule has 0 bridgehead atoms.